The number of rotatable bonds is 0. The lowest BCUT2D eigenvalue weighted by atomic mass is 9.90. The van der Waals surface area contributed by atoms with E-state index >= 15 is 0 Å². The number of carbonyl (C=O) groups excluding carboxylic acids is 2. The summed E-state index contributed by atoms with van der Waals surface area (Å²) in [5, 5.41) is 12.3. The van der Waals surface area contributed by atoms with Gasteiger partial charge in [0, 0.05) is 12.8 Å². The molecule has 0 saturated carbocycles. The Morgan fingerprint density at radius 2 is 2.25 bits per heavy atom. The van der Waals surface area contributed by atoms with Crippen molar-refractivity contribution in [2.45, 2.75) is 24.9 Å². The van der Waals surface area contributed by atoms with Gasteiger partial charge < -0.3 is 10.4 Å². The number of amides is 1. The van der Waals surface area contributed by atoms with Crippen LogP contribution in [-0.4, -0.2) is 22.4 Å². The number of allylic oxidation sites excluding steroid dienone is 1. The number of hydrogen-bond donors (Lipinski definition) is 2. The van der Waals surface area contributed by atoms with Gasteiger partial charge >= 0.3 is 0 Å². The molecule has 1 heterocycles. The predicted octanol–water partition coefficient (Wildman–Crippen LogP) is -0.516. The van der Waals surface area contributed by atoms with Gasteiger partial charge in [-0.3, -0.25) is 9.59 Å². The molecule has 1 aliphatic heterocycles. The second-order valence-corrected chi connectivity index (χ2v) is 3.15. The molecule has 1 amide bonds. The first-order valence-corrected chi connectivity index (χ1v) is 3.89. The van der Waals surface area contributed by atoms with Crippen molar-refractivity contribution < 1.29 is 14.7 Å². The van der Waals surface area contributed by atoms with E-state index in [1.165, 1.54) is 0 Å². The standard InChI is InChI=1S/C8H9NO3/c10-6-2-1-5-8(6,12)4-3-7(11)9-5/h1,12H,2-4H2,(H,9,11). The molecule has 1 aliphatic carbocycles. The van der Waals surface area contributed by atoms with Gasteiger partial charge in [-0.05, 0) is 6.42 Å². The van der Waals surface area contributed by atoms with E-state index < -0.39 is 5.60 Å². The van der Waals surface area contributed by atoms with Gasteiger partial charge in [0.15, 0.2) is 11.4 Å². The monoisotopic (exact) mass is 167 g/mol. The summed E-state index contributed by atoms with van der Waals surface area (Å²) in [5.74, 6) is -0.335. The molecular weight excluding hydrogens is 158 g/mol. The highest BCUT2D eigenvalue weighted by Gasteiger charge is 2.46. The fraction of sp³-hybridized carbons (Fsp3) is 0.500. The van der Waals surface area contributed by atoms with Crippen LogP contribution in [0, 0.1) is 0 Å². The van der Waals surface area contributed by atoms with E-state index in [0.29, 0.717) is 5.70 Å². The van der Waals surface area contributed by atoms with Crippen LogP contribution in [0.15, 0.2) is 11.8 Å². The average Bonchev–Trinajstić information content (AvgIpc) is 2.31. The molecule has 2 rings (SSSR count). The first-order valence-electron chi connectivity index (χ1n) is 3.89. The molecule has 0 aromatic rings. The lowest BCUT2D eigenvalue weighted by Crippen LogP contribution is -2.48. The fourth-order valence-electron chi connectivity index (χ4n) is 1.62. The molecule has 0 aromatic heterocycles. The van der Waals surface area contributed by atoms with Crippen molar-refractivity contribution in [2.75, 3.05) is 0 Å². The highest BCUT2D eigenvalue weighted by atomic mass is 16.3. The molecule has 0 bridgehead atoms. The summed E-state index contributed by atoms with van der Waals surface area (Å²) in [6, 6.07) is 0. The predicted molar refractivity (Wildman–Crippen MR) is 40.0 cm³/mol. The Balaban J connectivity index is 2.33. The number of piperidine rings is 1. The van der Waals surface area contributed by atoms with Crippen LogP contribution >= 0.6 is 0 Å². The lowest BCUT2D eigenvalue weighted by Gasteiger charge is -2.29. The largest absolute Gasteiger partial charge is 0.376 e. The Morgan fingerprint density at radius 3 is 3.00 bits per heavy atom. The summed E-state index contributed by atoms with van der Waals surface area (Å²) in [7, 11) is 0. The van der Waals surface area contributed by atoms with Crippen LogP contribution < -0.4 is 5.32 Å². The minimum Gasteiger partial charge on any atom is -0.376 e. The molecule has 1 atom stereocenters. The molecule has 12 heavy (non-hydrogen) atoms. The first kappa shape index (κ1) is 7.49. The van der Waals surface area contributed by atoms with E-state index in [2.05, 4.69) is 5.32 Å². The topological polar surface area (TPSA) is 66.4 Å². The van der Waals surface area contributed by atoms with Gasteiger partial charge in [-0.15, -0.1) is 0 Å². The van der Waals surface area contributed by atoms with Crippen molar-refractivity contribution in [3.05, 3.63) is 11.8 Å². The Kier molecular flexibility index (Phi) is 1.35. The zero-order valence-corrected chi connectivity index (χ0v) is 6.46. The third-order valence-electron chi connectivity index (χ3n) is 2.39. The van der Waals surface area contributed by atoms with Crippen LogP contribution in [0.1, 0.15) is 19.3 Å². The minimum atomic E-state index is -1.38. The summed E-state index contributed by atoms with van der Waals surface area (Å²) in [6.07, 6.45) is 2.26. The molecule has 0 radical (unpaired) electrons. The van der Waals surface area contributed by atoms with Crippen LogP contribution in [0.2, 0.25) is 0 Å². The number of ketones is 1. The molecule has 0 aromatic carbocycles. The molecule has 0 spiro atoms. The van der Waals surface area contributed by atoms with Crippen molar-refractivity contribution >= 4 is 11.7 Å². The van der Waals surface area contributed by atoms with Crippen LogP contribution in [0.5, 0.6) is 0 Å². The molecule has 2 N–H and O–H groups in total. The number of aliphatic hydroxyl groups is 1. The zero-order chi connectivity index (χ0) is 8.77. The molecule has 4 nitrogen and oxygen atoms in total. The Hall–Kier alpha value is -1.16. The first-order chi connectivity index (χ1) is 5.63. The minimum absolute atomic E-state index is 0.124. The normalized spacial score (nSPS) is 34.2. The summed E-state index contributed by atoms with van der Waals surface area (Å²) in [4.78, 5) is 22.1. The molecule has 1 unspecified atom stereocenters. The van der Waals surface area contributed by atoms with Crippen LogP contribution in [0.3, 0.4) is 0 Å². The van der Waals surface area contributed by atoms with Gasteiger partial charge in [-0.2, -0.15) is 0 Å². The van der Waals surface area contributed by atoms with Crippen LogP contribution in [-0.2, 0) is 9.59 Å². The van der Waals surface area contributed by atoms with E-state index in [1.54, 1.807) is 6.08 Å². The van der Waals surface area contributed by atoms with Gasteiger partial charge in [-0.1, -0.05) is 6.08 Å². The second kappa shape index (κ2) is 2.17. The van der Waals surface area contributed by atoms with Crippen molar-refractivity contribution in [2.24, 2.45) is 0 Å². The third-order valence-corrected chi connectivity index (χ3v) is 2.39. The summed E-state index contributed by atoms with van der Waals surface area (Å²) in [6.45, 7) is 0. The quantitative estimate of drug-likeness (QED) is 0.510. The van der Waals surface area contributed by atoms with Crippen LogP contribution in [0.4, 0.5) is 0 Å². The van der Waals surface area contributed by atoms with E-state index in [-0.39, 0.29) is 31.0 Å². The van der Waals surface area contributed by atoms with E-state index in [4.69, 9.17) is 0 Å². The van der Waals surface area contributed by atoms with Gasteiger partial charge in [0.25, 0.3) is 0 Å². The van der Waals surface area contributed by atoms with E-state index in [0.717, 1.165) is 0 Å². The van der Waals surface area contributed by atoms with E-state index in [1.807, 2.05) is 0 Å². The van der Waals surface area contributed by atoms with Gasteiger partial charge in [0.1, 0.15) is 0 Å². The maximum Gasteiger partial charge on any atom is 0.224 e. The Morgan fingerprint density at radius 1 is 1.50 bits per heavy atom. The highest BCUT2D eigenvalue weighted by molar-refractivity contribution is 5.98. The van der Waals surface area contributed by atoms with Crippen molar-refractivity contribution in [1.82, 2.24) is 5.32 Å². The van der Waals surface area contributed by atoms with Crippen LogP contribution in [0.25, 0.3) is 0 Å². The number of Topliss-reactive ketones (excluding diaryl/α,β-unsaturated/α-hetero) is 1. The van der Waals surface area contributed by atoms with Gasteiger partial charge in [0.2, 0.25) is 5.91 Å². The number of hydrogen-bond acceptors (Lipinski definition) is 3. The second-order valence-electron chi connectivity index (χ2n) is 3.15. The SMILES string of the molecule is O=C1CCC2(O)C(=O)CC=C2N1. The maximum atomic E-state index is 11.2. The lowest BCUT2D eigenvalue weighted by molar-refractivity contribution is -0.136. The number of fused-ring (bicyclic) bond motifs is 1. The summed E-state index contributed by atoms with van der Waals surface area (Å²) < 4.78 is 0. The van der Waals surface area contributed by atoms with Crippen molar-refractivity contribution in [1.29, 1.82) is 0 Å². The summed E-state index contributed by atoms with van der Waals surface area (Å²) >= 11 is 0. The highest BCUT2D eigenvalue weighted by Crippen LogP contribution is 2.32. The molecule has 64 valence electrons. The van der Waals surface area contributed by atoms with Crippen molar-refractivity contribution in [3.8, 4) is 0 Å². The Bertz CT molecular complexity index is 295. The Labute approximate surface area is 69.3 Å². The molecule has 1 saturated heterocycles. The molecular formula is C8H9NO3. The molecule has 1 fully saturated rings. The third kappa shape index (κ3) is 0.814. The van der Waals surface area contributed by atoms with E-state index in [9.17, 15) is 14.7 Å². The van der Waals surface area contributed by atoms with Gasteiger partial charge in [0.05, 0.1) is 5.70 Å². The summed E-state index contributed by atoms with van der Waals surface area (Å²) in [5.41, 5.74) is -1.00. The maximum absolute atomic E-state index is 11.2. The zero-order valence-electron chi connectivity index (χ0n) is 6.46. The fourth-order valence-corrected chi connectivity index (χ4v) is 1.62. The van der Waals surface area contributed by atoms with Gasteiger partial charge in [-0.25, -0.2) is 0 Å². The molecule has 2 aliphatic rings. The average molecular weight is 167 g/mol. The number of carbonyl (C=O) groups is 2. The number of nitrogens with one attached hydrogen (secondary N) is 1. The van der Waals surface area contributed by atoms with Crippen molar-refractivity contribution in [3.63, 3.8) is 0 Å². The molecule has 4 heteroatoms. The smallest absolute Gasteiger partial charge is 0.224 e.